The van der Waals surface area contributed by atoms with Gasteiger partial charge >= 0.3 is 5.97 Å². The van der Waals surface area contributed by atoms with Gasteiger partial charge in [-0.2, -0.15) is 0 Å². The molecule has 1 fully saturated rings. The number of likely N-dealkylation sites (tertiary alicyclic amines) is 1. The van der Waals surface area contributed by atoms with Crippen molar-refractivity contribution in [2.24, 2.45) is 5.92 Å². The lowest BCUT2D eigenvalue weighted by Gasteiger charge is -2.31. The van der Waals surface area contributed by atoms with Gasteiger partial charge in [0.15, 0.2) is 6.10 Å². The molecule has 0 aromatic heterocycles. The molecule has 0 saturated carbocycles. The number of carbonyl (C=O) groups excluding carboxylic acids is 4. The van der Waals surface area contributed by atoms with E-state index in [1.807, 2.05) is 6.92 Å². The lowest BCUT2D eigenvalue weighted by molar-refractivity contribution is -0.152. The molecule has 7 nitrogen and oxygen atoms in total. The van der Waals surface area contributed by atoms with Crippen molar-refractivity contribution < 1.29 is 23.9 Å². The van der Waals surface area contributed by atoms with Crippen LogP contribution in [0.1, 0.15) is 60.2 Å². The van der Waals surface area contributed by atoms with Crippen molar-refractivity contribution in [2.45, 2.75) is 45.6 Å². The molecule has 1 N–H and O–H groups in total. The Morgan fingerprint density at radius 3 is 2.18 bits per heavy atom. The summed E-state index contributed by atoms with van der Waals surface area (Å²) in [7, 11) is 0. The third-order valence-corrected chi connectivity index (χ3v) is 6.05. The topological polar surface area (TPSA) is 92.8 Å². The molecule has 1 heterocycles. The van der Waals surface area contributed by atoms with Crippen molar-refractivity contribution in [3.8, 4) is 0 Å². The first-order valence-corrected chi connectivity index (χ1v) is 11.9. The van der Waals surface area contributed by atoms with E-state index in [0.29, 0.717) is 54.2 Å². The van der Waals surface area contributed by atoms with Crippen LogP contribution in [0.2, 0.25) is 5.02 Å². The number of Topliss-reactive ketones (excluding diaryl/α,β-unsaturated/α-hetero) is 1. The Morgan fingerprint density at radius 2 is 1.59 bits per heavy atom. The molecule has 180 valence electrons. The Labute approximate surface area is 204 Å². The molecule has 1 saturated heterocycles. The van der Waals surface area contributed by atoms with Gasteiger partial charge in [-0.3, -0.25) is 19.2 Å². The number of ketones is 1. The fourth-order valence-corrected chi connectivity index (χ4v) is 3.95. The zero-order valence-electron chi connectivity index (χ0n) is 19.4. The summed E-state index contributed by atoms with van der Waals surface area (Å²) in [6.07, 6.45) is 1.21. The summed E-state index contributed by atoms with van der Waals surface area (Å²) in [6.45, 7) is 4.36. The molecule has 0 bridgehead atoms. The molecule has 34 heavy (non-hydrogen) atoms. The number of anilines is 1. The fraction of sp³-hybridized carbons (Fsp3) is 0.385. The summed E-state index contributed by atoms with van der Waals surface area (Å²) in [4.78, 5) is 51.3. The molecule has 0 unspecified atom stereocenters. The van der Waals surface area contributed by atoms with E-state index >= 15 is 0 Å². The van der Waals surface area contributed by atoms with Gasteiger partial charge in [-0.1, -0.05) is 18.5 Å². The summed E-state index contributed by atoms with van der Waals surface area (Å²) < 4.78 is 5.45. The summed E-state index contributed by atoms with van der Waals surface area (Å²) in [5.41, 5.74) is 1.57. The number of amides is 2. The van der Waals surface area contributed by atoms with Crippen LogP contribution in [0.4, 0.5) is 5.69 Å². The Bertz CT molecular complexity index is 1030. The van der Waals surface area contributed by atoms with E-state index in [9.17, 15) is 19.2 Å². The number of ether oxygens (including phenoxy) is 1. The second-order valence-corrected chi connectivity index (χ2v) is 8.83. The van der Waals surface area contributed by atoms with Gasteiger partial charge in [0.2, 0.25) is 11.7 Å². The van der Waals surface area contributed by atoms with Gasteiger partial charge in [0, 0.05) is 41.3 Å². The maximum Gasteiger partial charge on any atom is 0.309 e. The van der Waals surface area contributed by atoms with Crippen molar-refractivity contribution >= 4 is 40.9 Å². The van der Waals surface area contributed by atoms with E-state index in [-0.39, 0.29) is 23.5 Å². The number of nitrogens with zero attached hydrogens (tertiary/aromatic N) is 1. The zero-order chi connectivity index (χ0) is 24.7. The number of benzene rings is 2. The summed E-state index contributed by atoms with van der Waals surface area (Å²) in [6, 6.07) is 13.2. The molecule has 0 radical (unpaired) electrons. The van der Waals surface area contributed by atoms with Crippen LogP contribution >= 0.6 is 11.6 Å². The van der Waals surface area contributed by atoms with Crippen LogP contribution in [-0.4, -0.2) is 47.7 Å². The Balaban J connectivity index is 1.49. The SMILES string of the molecule is CCCC(=O)Nc1ccc(C(=O)[C@H](C)OC(=O)C2CCN(C(=O)c3ccc(Cl)cc3)CC2)cc1. The van der Waals surface area contributed by atoms with Crippen LogP contribution in [0.3, 0.4) is 0 Å². The van der Waals surface area contributed by atoms with Gasteiger partial charge < -0.3 is 15.0 Å². The quantitative estimate of drug-likeness (QED) is 0.431. The van der Waals surface area contributed by atoms with E-state index in [1.54, 1.807) is 60.4 Å². The molecule has 2 aromatic carbocycles. The Kier molecular flexibility index (Phi) is 8.82. The van der Waals surface area contributed by atoms with Gasteiger partial charge in [-0.25, -0.2) is 0 Å². The number of esters is 1. The van der Waals surface area contributed by atoms with Crippen molar-refractivity contribution in [2.75, 3.05) is 18.4 Å². The molecule has 1 atom stereocenters. The molecule has 2 amide bonds. The molecule has 3 rings (SSSR count). The number of carbonyl (C=O) groups is 4. The molecule has 1 aliphatic heterocycles. The number of hydrogen-bond acceptors (Lipinski definition) is 5. The highest BCUT2D eigenvalue weighted by molar-refractivity contribution is 6.30. The van der Waals surface area contributed by atoms with Crippen molar-refractivity contribution in [1.29, 1.82) is 0 Å². The lowest BCUT2D eigenvalue weighted by Crippen LogP contribution is -2.41. The number of rotatable bonds is 8. The molecule has 1 aliphatic rings. The van der Waals surface area contributed by atoms with Gasteiger partial charge in [0.1, 0.15) is 0 Å². The van der Waals surface area contributed by atoms with E-state index in [1.165, 1.54) is 0 Å². The molecule has 0 spiro atoms. The van der Waals surface area contributed by atoms with Crippen LogP contribution in [0.5, 0.6) is 0 Å². The second-order valence-electron chi connectivity index (χ2n) is 8.39. The van der Waals surface area contributed by atoms with Gasteiger partial charge in [-0.15, -0.1) is 0 Å². The van der Waals surface area contributed by atoms with E-state index in [0.717, 1.165) is 6.42 Å². The normalized spacial score (nSPS) is 14.9. The Morgan fingerprint density at radius 1 is 1.00 bits per heavy atom. The average Bonchev–Trinajstić information content (AvgIpc) is 2.84. The number of nitrogens with one attached hydrogen (secondary N) is 1. The largest absolute Gasteiger partial charge is 0.454 e. The van der Waals surface area contributed by atoms with Crippen LogP contribution in [-0.2, 0) is 14.3 Å². The van der Waals surface area contributed by atoms with E-state index < -0.39 is 12.1 Å². The van der Waals surface area contributed by atoms with E-state index in [2.05, 4.69) is 5.32 Å². The highest BCUT2D eigenvalue weighted by Crippen LogP contribution is 2.22. The molecular formula is C26H29ClN2O5. The maximum atomic E-state index is 12.7. The highest BCUT2D eigenvalue weighted by Gasteiger charge is 2.31. The summed E-state index contributed by atoms with van der Waals surface area (Å²) >= 11 is 5.88. The highest BCUT2D eigenvalue weighted by atomic mass is 35.5. The van der Waals surface area contributed by atoms with Crippen molar-refractivity contribution in [1.82, 2.24) is 4.90 Å². The first kappa shape index (κ1) is 25.4. The van der Waals surface area contributed by atoms with Crippen LogP contribution in [0.25, 0.3) is 0 Å². The first-order valence-electron chi connectivity index (χ1n) is 11.5. The Hall–Kier alpha value is -3.19. The number of hydrogen-bond donors (Lipinski definition) is 1. The molecule has 2 aromatic rings. The summed E-state index contributed by atoms with van der Waals surface area (Å²) in [5, 5.41) is 3.33. The van der Waals surface area contributed by atoms with Crippen LogP contribution in [0, 0.1) is 5.92 Å². The zero-order valence-corrected chi connectivity index (χ0v) is 20.1. The van der Waals surface area contributed by atoms with Crippen molar-refractivity contribution in [3.05, 3.63) is 64.7 Å². The molecule has 8 heteroatoms. The smallest absolute Gasteiger partial charge is 0.309 e. The standard InChI is InChI=1S/C26H29ClN2O5/c1-3-4-23(30)28-22-11-7-18(8-12-22)24(31)17(2)34-26(33)20-13-15-29(16-14-20)25(32)19-5-9-21(27)10-6-19/h5-12,17,20H,3-4,13-16H2,1-2H3,(H,28,30)/t17-/m0/s1. The molecule has 0 aliphatic carbocycles. The number of piperidine rings is 1. The third kappa shape index (κ3) is 6.67. The summed E-state index contributed by atoms with van der Waals surface area (Å²) in [5.74, 6) is -1.27. The van der Waals surface area contributed by atoms with Crippen LogP contribution < -0.4 is 5.32 Å². The maximum absolute atomic E-state index is 12.7. The minimum absolute atomic E-state index is 0.0789. The number of halogens is 1. The van der Waals surface area contributed by atoms with Gasteiger partial charge in [0.05, 0.1) is 5.92 Å². The monoisotopic (exact) mass is 484 g/mol. The van der Waals surface area contributed by atoms with Gasteiger partial charge in [0.25, 0.3) is 5.91 Å². The lowest BCUT2D eigenvalue weighted by atomic mass is 9.96. The minimum atomic E-state index is -0.929. The van der Waals surface area contributed by atoms with Crippen molar-refractivity contribution in [3.63, 3.8) is 0 Å². The first-order chi connectivity index (χ1) is 16.3. The van der Waals surface area contributed by atoms with E-state index in [4.69, 9.17) is 16.3 Å². The minimum Gasteiger partial charge on any atom is -0.454 e. The predicted octanol–water partition coefficient (Wildman–Crippen LogP) is 4.75. The second kappa shape index (κ2) is 11.8. The molecular weight excluding hydrogens is 456 g/mol. The third-order valence-electron chi connectivity index (χ3n) is 5.80. The van der Waals surface area contributed by atoms with Crippen LogP contribution in [0.15, 0.2) is 48.5 Å². The van der Waals surface area contributed by atoms with Gasteiger partial charge in [-0.05, 0) is 74.7 Å². The predicted molar refractivity (Wildman–Crippen MR) is 130 cm³/mol. The average molecular weight is 485 g/mol. The fourth-order valence-electron chi connectivity index (χ4n) is 3.82.